The first kappa shape index (κ1) is 19.3. The van der Waals surface area contributed by atoms with Crippen LogP contribution in [0.15, 0.2) is 54.9 Å². The van der Waals surface area contributed by atoms with Crippen LogP contribution in [-0.4, -0.2) is 43.4 Å². The molecule has 1 aliphatic heterocycles. The summed E-state index contributed by atoms with van der Waals surface area (Å²) in [6.45, 7) is 5.15. The molecule has 1 unspecified atom stereocenters. The van der Waals surface area contributed by atoms with Crippen LogP contribution in [0.25, 0.3) is 0 Å². The van der Waals surface area contributed by atoms with Gasteiger partial charge in [0.15, 0.2) is 5.69 Å². The molecule has 0 aliphatic carbocycles. The van der Waals surface area contributed by atoms with Crippen molar-refractivity contribution in [3.63, 3.8) is 0 Å². The van der Waals surface area contributed by atoms with E-state index in [4.69, 9.17) is 0 Å². The van der Waals surface area contributed by atoms with Crippen molar-refractivity contribution in [1.29, 1.82) is 0 Å². The van der Waals surface area contributed by atoms with Crippen LogP contribution in [0.2, 0.25) is 0 Å². The maximum absolute atomic E-state index is 12.4. The Morgan fingerprint density at radius 3 is 2.86 bits per heavy atom. The molecule has 1 aromatic carbocycles. The highest BCUT2D eigenvalue weighted by atomic mass is 16.2. The van der Waals surface area contributed by atoms with Gasteiger partial charge in [0.05, 0.1) is 18.4 Å². The Labute approximate surface area is 170 Å². The van der Waals surface area contributed by atoms with E-state index in [2.05, 4.69) is 37.6 Å². The van der Waals surface area contributed by atoms with E-state index >= 15 is 0 Å². The average Bonchev–Trinajstić information content (AvgIpc) is 3.39. The fraction of sp³-hybridized carbons (Fsp3) is 0.364. The largest absolute Gasteiger partial charge is 0.347 e. The van der Waals surface area contributed by atoms with Gasteiger partial charge in [-0.3, -0.25) is 19.4 Å². The van der Waals surface area contributed by atoms with Crippen LogP contribution in [0, 0.1) is 6.92 Å². The first-order valence-corrected chi connectivity index (χ1v) is 10.1. The molecule has 1 aliphatic rings. The van der Waals surface area contributed by atoms with Crippen LogP contribution < -0.4 is 5.32 Å². The second-order valence-corrected chi connectivity index (χ2v) is 7.59. The van der Waals surface area contributed by atoms with Gasteiger partial charge in [-0.2, -0.15) is 0 Å². The number of hydrogen-bond acceptors (Lipinski definition) is 5. The van der Waals surface area contributed by atoms with Crippen LogP contribution >= 0.6 is 0 Å². The molecular weight excluding hydrogens is 364 g/mol. The smallest absolute Gasteiger partial charge is 0.273 e. The quantitative estimate of drug-likeness (QED) is 0.671. The number of nitrogens with one attached hydrogen (secondary N) is 1. The molecule has 7 heteroatoms. The average molecular weight is 390 g/mol. The second-order valence-electron chi connectivity index (χ2n) is 7.59. The number of aromatic nitrogens is 4. The van der Waals surface area contributed by atoms with Crippen molar-refractivity contribution in [2.45, 2.75) is 45.4 Å². The van der Waals surface area contributed by atoms with Crippen LogP contribution in [0.3, 0.4) is 0 Å². The van der Waals surface area contributed by atoms with Crippen molar-refractivity contribution < 1.29 is 4.79 Å². The number of rotatable bonds is 7. The lowest BCUT2D eigenvalue weighted by Gasteiger charge is -2.23. The normalized spacial score (nSPS) is 16.8. The summed E-state index contributed by atoms with van der Waals surface area (Å²) < 4.78 is 1.78. The lowest BCUT2D eigenvalue weighted by Crippen LogP contribution is -2.33. The van der Waals surface area contributed by atoms with Gasteiger partial charge in [-0.25, -0.2) is 0 Å². The van der Waals surface area contributed by atoms with Crippen LogP contribution in [0.1, 0.15) is 40.2 Å². The molecular formula is C22H26N6O. The molecule has 7 nitrogen and oxygen atoms in total. The monoisotopic (exact) mass is 390 g/mol. The van der Waals surface area contributed by atoms with Gasteiger partial charge in [0.2, 0.25) is 0 Å². The Morgan fingerprint density at radius 1 is 1.21 bits per heavy atom. The Morgan fingerprint density at radius 2 is 2.07 bits per heavy atom. The van der Waals surface area contributed by atoms with Crippen LogP contribution in [-0.2, 0) is 19.6 Å². The molecule has 2 aromatic heterocycles. The number of carbonyl (C=O) groups is 1. The highest BCUT2D eigenvalue weighted by Gasteiger charge is 2.26. The van der Waals surface area contributed by atoms with Gasteiger partial charge >= 0.3 is 0 Å². The third-order valence-electron chi connectivity index (χ3n) is 5.30. The molecule has 0 saturated carbocycles. The summed E-state index contributed by atoms with van der Waals surface area (Å²) in [5, 5.41) is 11.1. The van der Waals surface area contributed by atoms with E-state index in [1.54, 1.807) is 10.9 Å². The number of benzene rings is 1. The minimum Gasteiger partial charge on any atom is -0.347 e. The summed E-state index contributed by atoms with van der Waals surface area (Å²) in [4.78, 5) is 19.3. The number of carbonyl (C=O) groups excluding carboxylic acids is 1. The molecule has 1 saturated heterocycles. The van der Waals surface area contributed by atoms with E-state index in [9.17, 15) is 4.79 Å². The summed E-state index contributed by atoms with van der Waals surface area (Å²) in [6.07, 6.45) is 5.93. The number of pyridine rings is 1. The number of likely N-dealkylation sites (tertiary alicyclic amines) is 1. The lowest BCUT2D eigenvalue weighted by atomic mass is 10.2. The van der Waals surface area contributed by atoms with Gasteiger partial charge in [-0.1, -0.05) is 41.6 Å². The molecule has 1 fully saturated rings. The van der Waals surface area contributed by atoms with Gasteiger partial charge < -0.3 is 5.32 Å². The zero-order valence-electron chi connectivity index (χ0n) is 16.7. The van der Waals surface area contributed by atoms with Crippen molar-refractivity contribution in [1.82, 2.24) is 30.2 Å². The SMILES string of the molecule is Cc1ccc(CN2CCCC2Cn2cc(C(=O)NCc3ccccc3)nn2)nc1. The molecule has 0 spiro atoms. The number of hydrogen-bond donors (Lipinski definition) is 1. The van der Waals surface area contributed by atoms with Gasteiger partial charge in [0.1, 0.15) is 0 Å². The van der Waals surface area contributed by atoms with Crippen LogP contribution in [0.4, 0.5) is 0 Å². The third-order valence-corrected chi connectivity index (χ3v) is 5.30. The Balaban J connectivity index is 1.33. The van der Waals surface area contributed by atoms with Crippen molar-refractivity contribution in [3.8, 4) is 0 Å². The predicted octanol–water partition coefficient (Wildman–Crippen LogP) is 2.58. The fourth-order valence-electron chi connectivity index (χ4n) is 3.69. The molecule has 3 aromatic rings. The number of aryl methyl sites for hydroxylation is 1. The highest BCUT2D eigenvalue weighted by Crippen LogP contribution is 2.21. The van der Waals surface area contributed by atoms with Crippen molar-refractivity contribution in [2.24, 2.45) is 0 Å². The maximum atomic E-state index is 12.4. The zero-order chi connectivity index (χ0) is 20.1. The molecule has 1 N–H and O–H groups in total. The molecule has 0 radical (unpaired) electrons. The Hall–Kier alpha value is -3.06. The van der Waals surface area contributed by atoms with Crippen molar-refractivity contribution >= 4 is 5.91 Å². The standard InChI is InChI=1S/C22H26N6O/c1-17-9-10-19(23-12-17)14-27-11-5-8-20(27)15-28-16-21(25-26-28)22(29)24-13-18-6-3-2-4-7-18/h2-4,6-7,9-10,12,16,20H,5,8,11,13-15H2,1H3,(H,24,29). The Bertz CT molecular complexity index is 937. The van der Waals surface area contributed by atoms with E-state index < -0.39 is 0 Å². The van der Waals surface area contributed by atoms with Crippen molar-refractivity contribution in [3.05, 3.63) is 77.4 Å². The first-order valence-electron chi connectivity index (χ1n) is 10.1. The highest BCUT2D eigenvalue weighted by molar-refractivity contribution is 5.91. The zero-order valence-corrected chi connectivity index (χ0v) is 16.7. The predicted molar refractivity (Wildman–Crippen MR) is 110 cm³/mol. The molecule has 3 heterocycles. The first-order chi connectivity index (χ1) is 14.2. The van der Waals surface area contributed by atoms with E-state index in [1.165, 1.54) is 5.56 Å². The third kappa shape index (κ3) is 5.06. The fourth-order valence-corrected chi connectivity index (χ4v) is 3.69. The molecule has 1 atom stereocenters. The number of amides is 1. The maximum Gasteiger partial charge on any atom is 0.273 e. The van der Waals surface area contributed by atoms with E-state index in [-0.39, 0.29) is 5.91 Å². The topological polar surface area (TPSA) is 75.9 Å². The molecule has 150 valence electrons. The number of nitrogens with zero attached hydrogens (tertiary/aromatic N) is 5. The second kappa shape index (κ2) is 8.96. The van der Waals surface area contributed by atoms with Crippen LogP contribution in [0.5, 0.6) is 0 Å². The summed E-state index contributed by atoms with van der Waals surface area (Å²) in [5.41, 5.74) is 3.67. The summed E-state index contributed by atoms with van der Waals surface area (Å²) in [5.74, 6) is -0.202. The molecule has 0 bridgehead atoms. The summed E-state index contributed by atoms with van der Waals surface area (Å²) >= 11 is 0. The Kier molecular flexibility index (Phi) is 5.95. The van der Waals surface area contributed by atoms with E-state index in [0.717, 1.165) is 43.7 Å². The summed E-state index contributed by atoms with van der Waals surface area (Å²) in [7, 11) is 0. The minimum atomic E-state index is -0.202. The van der Waals surface area contributed by atoms with E-state index in [1.807, 2.05) is 43.5 Å². The van der Waals surface area contributed by atoms with Gasteiger partial charge in [-0.15, -0.1) is 5.10 Å². The molecule has 1 amide bonds. The van der Waals surface area contributed by atoms with Gasteiger partial charge in [0, 0.05) is 25.3 Å². The van der Waals surface area contributed by atoms with Gasteiger partial charge in [-0.05, 0) is 43.5 Å². The lowest BCUT2D eigenvalue weighted by molar-refractivity contribution is 0.0946. The van der Waals surface area contributed by atoms with E-state index in [0.29, 0.717) is 18.3 Å². The molecule has 29 heavy (non-hydrogen) atoms. The van der Waals surface area contributed by atoms with Crippen molar-refractivity contribution in [2.75, 3.05) is 6.54 Å². The minimum absolute atomic E-state index is 0.202. The summed E-state index contributed by atoms with van der Waals surface area (Å²) in [6, 6.07) is 14.4. The molecule has 4 rings (SSSR count). The van der Waals surface area contributed by atoms with Gasteiger partial charge in [0.25, 0.3) is 5.91 Å².